The summed E-state index contributed by atoms with van der Waals surface area (Å²) < 4.78 is 5.37. The van der Waals surface area contributed by atoms with Gasteiger partial charge in [-0.2, -0.15) is 0 Å². The molecular formula is C29H52N2O2. The van der Waals surface area contributed by atoms with Crippen LogP contribution < -0.4 is 0 Å². The van der Waals surface area contributed by atoms with E-state index in [0.29, 0.717) is 6.54 Å². The van der Waals surface area contributed by atoms with Gasteiger partial charge in [-0.1, -0.05) is 122 Å². The van der Waals surface area contributed by atoms with E-state index < -0.39 is 5.97 Å². The summed E-state index contributed by atoms with van der Waals surface area (Å²) in [5.74, 6) is 0.696. The second-order valence-electron chi connectivity index (χ2n) is 9.51. The highest BCUT2D eigenvalue weighted by Gasteiger charge is 2.25. The first kappa shape index (κ1) is 29.5. The number of aliphatic imine (C=N–C) groups is 1. The molecule has 0 amide bonds. The molecule has 33 heavy (non-hydrogen) atoms. The Morgan fingerprint density at radius 2 is 1.42 bits per heavy atom. The summed E-state index contributed by atoms with van der Waals surface area (Å²) in [5.41, 5.74) is 0. The van der Waals surface area contributed by atoms with E-state index in [4.69, 9.17) is 4.74 Å². The Hall–Kier alpha value is -1.58. The molecule has 0 aromatic heterocycles. The van der Waals surface area contributed by atoms with Crippen molar-refractivity contribution in [3.05, 3.63) is 24.8 Å². The maximum atomic E-state index is 11.5. The number of nitrogens with zero attached hydrogens (tertiary/aromatic N) is 2. The molecule has 0 saturated carbocycles. The zero-order valence-electron chi connectivity index (χ0n) is 21.9. The van der Waals surface area contributed by atoms with Crippen molar-refractivity contribution in [1.82, 2.24) is 4.90 Å². The van der Waals surface area contributed by atoms with Crippen LogP contribution >= 0.6 is 0 Å². The maximum absolute atomic E-state index is 11.5. The molecule has 1 aliphatic heterocycles. The van der Waals surface area contributed by atoms with Crippen molar-refractivity contribution < 1.29 is 9.53 Å². The lowest BCUT2D eigenvalue weighted by molar-refractivity contribution is -0.142. The number of carbonyl (C=O) groups is 1. The van der Waals surface area contributed by atoms with Gasteiger partial charge in [0.05, 0.1) is 6.54 Å². The van der Waals surface area contributed by atoms with Crippen LogP contribution in [0.3, 0.4) is 0 Å². The van der Waals surface area contributed by atoms with Crippen molar-refractivity contribution in [2.75, 3.05) is 13.1 Å². The van der Waals surface area contributed by atoms with E-state index in [9.17, 15) is 4.79 Å². The zero-order valence-corrected chi connectivity index (χ0v) is 21.9. The summed E-state index contributed by atoms with van der Waals surface area (Å²) in [4.78, 5) is 18.5. The van der Waals surface area contributed by atoms with Gasteiger partial charge in [-0.25, -0.2) is 9.79 Å². The third-order valence-electron chi connectivity index (χ3n) is 6.42. The van der Waals surface area contributed by atoms with Crippen molar-refractivity contribution >= 4 is 11.8 Å². The molecule has 1 rings (SSSR count). The lowest BCUT2D eigenvalue weighted by atomic mass is 10.0. The number of amidine groups is 1. The first-order chi connectivity index (χ1) is 16.2. The van der Waals surface area contributed by atoms with Crippen molar-refractivity contribution in [3.63, 3.8) is 0 Å². The van der Waals surface area contributed by atoms with E-state index >= 15 is 0 Å². The lowest BCUT2D eigenvalue weighted by Crippen LogP contribution is -2.30. The highest BCUT2D eigenvalue weighted by Crippen LogP contribution is 2.17. The smallest absolute Gasteiger partial charge is 0.332 e. The van der Waals surface area contributed by atoms with Gasteiger partial charge in [-0.3, -0.25) is 0 Å². The number of hydrogen-bond donors (Lipinski definition) is 0. The first-order valence-corrected chi connectivity index (χ1v) is 14.0. The molecular weight excluding hydrogens is 408 g/mol. The van der Waals surface area contributed by atoms with Crippen molar-refractivity contribution in [3.8, 4) is 0 Å². The predicted molar refractivity (Wildman–Crippen MR) is 143 cm³/mol. The number of allylic oxidation sites excluding steroid dienone is 1. The van der Waals surface area contributed by atoms with Crippen molar-refractivity contribution in [1.29, 1.82) is 0 Å². The topological polar surface area (TPSA) is 41.9 Å². The average molecular weight is 461 g/mol. The van der Waals surface area contributed by atoms with E-state index in [1.165, 1.54) is 102 Å². The van der Waals surface area contributed by atoms with Crippen LogP contribution in [0, 0.1) is 0 Å². The van der Waals surface area contributed by atoms with Crippen LogP contribution in [0.15, 0.2) is 29.8 Å². The number of carbonyl (C=O) groups excluding carboxylic acids is 1. The van der Waals surface area contributed by atoms with E-state index in [0.717, 1.165) is 31.6 Å². The molecule has 4 heteroatoms. The summed E-state index contributed by atoms with van der Waals surface area (Å²) in [7, 11) is 0. The van der Waals surface area contributed by atoms with Gasteiger partial charge < -0.3 is 9.64 Å². The van der Waals surface area contributed by atoms with Crippen molar-refractivity contribution in [2.45, 2.75) is 136 Å². The van der Waals surface area contributed by atoms with Gasteiger partial charge >= 0.3 is 5.97 Å². The molecule has 0 fully saturated rings. The largest absolute Gasteiger partial charge is 0.435 e. The molecule has 4 nitrogen and oxygen atoms in total. The first-order valence-electron chi connectivity index (χ1n) is 14.0. The molecule has 1 heterocycles. The predicted octanol–water partition coefficient (Wildman–Crippen LogP) is 8.37. The summed E-state index contributed by atoms with van der Waals surface area (Å²) in [6.07, 6.45) is 29.1. The third-order valence-corrected chi connectivity index (χ3v) is 6.42. The minimum absolute atomic E-state index is 0.388. The van der Waals surface area contributed by atoms with Gasteiger partial charge in [0.15, 0.2) is 0 Å². The maximum Gasteiger partial charge on any atom is 0.332 e. The fourth-order valence-electron chi connectivity index (χ4n) is 4.36. The molecule has 0 radical (unpaired) electrons. The SMILES string of the molecule is C=CC(=O)OC1CN(C/C=C/CCCCCCCCCCCCCC)C(CCCCCC)=N1. The second kappa shape index (κ2) is 21.0. The Kier molecular flexibility index (Phi) is 18.7. The van der Waals surface area contributed by atoms with Crippen LogP contribution in [0.1, 0.15) is 129 Å². The number of unbranched alkanes of at least 4 members (excludes halogenated alkanes) is 15. The van der Waals surface area contributed by atoms with Gasteiger partial charge in [0.1, 0.15) is 5.84 Å². The van der Waals surface area contributed by atoms with Crippen LogP contribution in [0.5, 0.6) is 0 Å². The van der Waals surface area contributed by atoms with E-state index in [1.54, 1.807) is 0 Å². The molecule has 1 aliphatic rings. The lowest BCUT2D eigenvalue weighted by Gasteiger charge is -2.19. The summed E-state index contributed by atoms with van der Waals surface area (Å²) in [6.45, 7) is 9.51. The number of hydrogen-bond acceptors (Lipinski definition) is 4. The Balaban J connectivity index is 2.13. The molecule has 0 spiro atoms. The van der Waals surface area contributed by atoms with Crippen LogP contribution in [0.4, 0.5) is 0 Å². The monoisotopic (exact) mass is 460 g/mol. The third kappa shape index (κ3) is 15.8. The molecule has 0 bridgehead atoms. The van der Waals surface area contributed by atoms with Gasteiger partial charge in [-0.05, 0) is 19.3 Å². The molecule has 1 unspecified atom stereocenters. The standard InChI is InChI=1S/C29H52N2O2/c1-4-7-9-11-12-13-14-15-16-17-18-19-20-21-23-25-31-26-28(33-29(32)6-3)30-27(31)24-22-10-8-5-2/h6,21,23,28H,3-5,7-20,22,24-26H2,1-2H3/b23-21+. The Morgan fingerprint density at radius 3 is 2.00 bits per heavy atom. The number of rotatable bonds is 22. The van der Waals surface area contributed by atoms with Gasteiger partial charge in [0, 0.05) is 19.0 Å². The van der Waals surface area contributed by atoms with Gasteiger partial charge in [0.2, 0.25) is 6.23 Å². The molecule has 0 aromatic carbocycles. The highest BCUT2D eigenvalue weighted by atomic mass is 16.6. The van der Waals surface area contributed by atoms with Crippen LogP contribution in [-0.2, 0) is 9.53 Å². The highest BCUT2D eigenvalue weighted by molar-refractivity contribution is 5.85. The quantitative estimate of drug-likeness (QED) is 0.0705. The van der Waals surface area contributed by atoms with Crippen LogP contribution in [-0.4, -0.2) is 36.0 Å². The van der Waals surface area contributed by atoms with Gasteiger partial charge in [0.25, 0.3) is 0 Å². The molecule has 0 aromatic rings. The van der Waals surface area contributed by atoms with Crippen LogP contribution in [0.25, 0.3) is 0 Å². The normalized spacial score (nSPS) is 15.9. The van der Waals surface area contributed by atoms with E-state index in [2.05, 4.69) is 42.5 Å². The zero-order chi connectivity index (χ0) is 24.0. The summed E-state index contributed by atoms with van der Waals surface area (Å²) in [6, 6.07) is 0. The molecule has 190 valence electrons. The fraction of sp³-hybridized carbons (Fsp3) is 0.793. The Bertz CT molecular complexity index is 556. The number of ether oxygens (including phenoxy) is 1. The molecule has 1 atom stereocenters. The second-order valence-corrected chi connectivity index (χ2v) is 9.51. The molecule has 0 aliphatic carbocycles. The fourth-order valence-corrected chi connectivity index (χ4v) is 4.36. The minimum Gasteiger partial charge on any atom is -0.435 e. The van der Waals surface area contributed by atoms with E-state index in [-0.39, 0.29) is 6.23 Å². The minimum atomic E-state index is -0.390. The van der Waals surface area contributed by atoms with Crippen LogP contribution in [0.2, 0.25) is 0 Å². The Morgan fingerprint density at radius 1 is 0.879 bits per heavy atom. The summed E-state index contributed by atoms with van der Waals surface area (Å²) in [5, 5.41) is 0. The van der Waals surface area contributed by atoms with Gasteiger partial charge in [-0.15, -0.1) is 0 Å². The Labute approximate surface area is 205 Å². The number of esters is 1. The molecule has 0 saturated heterocycles. The van der Waals surface area contributed by atoms with E-state index in [1.807, 2.05) is 0 Å². The summed E-state index contributed by atoms with van der Waals surface area (Å²) >= 11 is 0. The van der Waals surface area contributed by atoms with Crippen molar-refractivity contribution in [2.24, 2.45) is 4.99 Å². The molecule has 0 N–H and O–H groups in total. The average Bonchev–Trinajstić information content (AvgIpc) is 3.20.